The number of hydrogen-bond acceptors (Lipinski definition) is 1. The molecule has 0 saturated carbocycles. The second-order valence-corrected chi connectivity index (χ2v) is 4.35. The van der Waals surface area contributed by atoms with E-state index in [-0.39, 0.29) is 0 Å². The molecule has 0 atom stereocenters. The summed E-state index contributed by atoms with van der Waals surface area (Å²) in [5, 5.41) is 0. The zero-order valence-electron chi connectivity index (χ0n) is 9.80. The van der Waals surface area contributed by atoms with Gasteiger partial charge in [-0.3, -0.25) is 0 Å². The number of benzene rings is 2. The van der Waals surface area contributed by atoms with E-state index in [0.717, 1.165) is 12.1 Å². The summed E-state index contributed by atoms with van der Waals surface area (Å²) in [5.74, 6) is 0. The maximum absolute atomic E-state index is 4.44. The molecule has 0 spiro atoms. The summed E-state index contributed by atoms with van der Waals surface area (Å²) in [7, 11) is 0. The minimum atomic E-state index is 0.875. The first-order valence-corrected chi connectivity index (χ1v) is 5.78. The van der Waals surface area contributed by atoms with E-state index in [0.29, 0.717) is 0 Å². The van der Waals surface area contributed by atoms with Crippen LogP contribution in [0.4, 0.5) is 0 Å². The van der Waals surface area contributed by atoms with Gasteiger partial charge in [0, 0.05) is 6.54 Å². The maximum atomic E-state index is 4.44. The Bertz CT molecular complexity index is 638. The Morgan fingerprint density at radius 1 is 1.06 bits per heavy atom. The zero-order valence-corrected chi connectivity index (χ0v) is 9.80. The van der Waals surface area contributed by atoms with Crippen LogP contribution in [0.25, 0.3) is 11.0 Å². The first-order valence-electron chi connectivity index (χ1n) is 5.78. The summed E-state index contributed by atoms with van der Waals surface area (Å²) in [6, 6.07) is 16.8. The fourth-order valence-corrected chi connectivity index (χ4v) is 2.08. The molecule has 0 aliphatic carbocycles. The molecular formula is C15H14N2. The van der Waals surface area contributed by atoms with E-state index in [2.05, 4.69) is 58.9 Å². The van der Waals surface area contributed by atoms with Crippen molar-refractivity contribution in [3.8, 4) is 0 Å². The van der Waals surface area contributed by atoms with Gasteiger partial charge >= 0.3 is 0 Å². The number of aromatic nitrogens is 2. The lowest BCUT2D eigenvalue weighted by Crippen LogP contribution is -1.97. The van der Waals surface area contributed by atoms with Crippen molar-refractivity contribution in [3.63, 3.8) is 0 Å². The van der Waals surface area contributed by atoms with Crippen LogP contribution in [0.3, 0.4) is 0 Å². The van der Waals surface area contributed by atoms with Crippen LogP contribution in [0.5, 0.6) is 0 Å². The van der Waals surface area contributed by atoms with Crippen molar-refractivity contribution in [1.29, 1.82) is 0 Å². The van der Waals surface area contributed by atoms with Crippen LogP contribution in [0, 0.1) is 6.92 Å². The van der Waals surface area contributed by atoms with Gasteiger partial charge in [-0.1, -0.05) is 36.4 Å². The van der Waals surface area contributed by atoms with E-state index < -0.39 is 0 Å². The number of aryl methyl sites for hydroxylation is 1. The van der Waals surface area contributed by atoms with Crippen LogP contribution >= 0.6 is 0 Å². The zero-order chi connectivity index (χ0) is 11.7. The second-order valence-electron chi connectivity index (χ2n) is 4.35. The molecule has 3 aromatic rings. The molecule has 0 fully saturated rings. The van der Waals surface area contributed by atoms with Crippen LogP contribution in [-0.2, 0) is 6.54 Å². The van der Waals surface area contributed by atoms with Crippen LogP contribution < -0.4 is 0 Å². The van der Waals surface area contributed by atoms with E-state index >= 15 is 0 Å². The van der Waals surface area contributed by atoms with Crippen molar-refractivity contribution in [2.24, 2.45) is 0 Å². The topological polar surface area (TPSA) is 17.8 Å². The highest BCUT2D eigenvalue weighted by Crippen LogP contribution is 2.15. The summed E-state index contributed by atoms with van der Waals surface area (Å²) >= 11 is 0. The Morgan fingerprint density at radius 3 is 2.71 bits per heavy atom. The quantitative estimate of drug-likeness (QED) is 0.650. The van der Waals surface area contributed by atoms with Crippen LogP contribution in [0.1, 0.15) is 11.1 Å². The molecule has 0 aliphatic rings. The van der Waals surface area contributed by atoms with E-state index in [1.54, 1.807) is 0 Å². The minimum Gasteiger partial charge on any atom is -0.326 e. The van der Waals surface area contributed by atoms with Crippen molar-refractivity contribution < 1.29 is 0 Å². The lowest BCUT2D eigenvalue weighted by molar-refractivity contribution is 0.824. The average Bonchev–Trinajstić information content (AvgIpc) is 2.73. The van der Waals surface area contributed by atoms with Crippen molar-refractivity contribution in [2.45, 2.75) is 13.5 Å². The highest BCUT2D eigenvalue weighted by atomic mass is 15.0. The number of fused-ring (bicyclic) bond motifs is 1. The molecule has 1 aromatic heterocycles. The van der Waals surface area contributed by atoms with Gasteiger partial charge in [0.1, 0.15) is 0 Å². The lowest BCUT2D eigenvalue weighted by atomic mass is 10.2. The van der Waals surface area contributed by atoms with Gasteiger partial charge in [-0.25, -0.2) is 4.98 Å². The number of nitrogens with zero attached hydrogens (tertiary/aromatic N) is 2. The Morgan fingerprint density at radius 2 is 1.88 bits per heavy atom. The van der Waals surface area contributed by atoms with E-state index in [1.165, 1.54) is 16.6 Å². The Labute approximate surface area is 101 Å². The average molecular weight is 222 g/mol. The van der Waals surface area contributed by atoms with Crippen molar-refractivity contribution in [3.05, 3.63) is 66.0 Å². The van der Waals surface area contributed by atoms with Crippen molar-refractivity contribution in [1.82, 2.24) is 9.55 Å². The minimum absolute atomic E-state index is 0.875. The fraction of sp³-hybridized carbons (Fsp3) is 0.133. The van der Waals surface area contributed by atoms with Crippen LogP contribution in [0.15, 0.2) is 54.9 Å². The summed E-state index contributed by atoms with van der Waals surface area (Å²) in [6.45, 7) is 2.97. The van der Waals surface area contributed by atoms with Crippen LogP contribution in [0.2, 0.25) is 0 Å². The molecular weight excluding hydrogens is 208 g/mol. The van der Waals surface area contributed by atoms with Gasteiger partial charge in [0.15, 0.2) is 0 Å². The van der Waals surface area contributed by atoms with Gasteiger partial charge < -0.3 is 4.57 Å². The van der Waals surface area contributed by atoms with Gasteiger partial charge in [0.2, 0.25) is 0 Å². The number of rotatable bonds is 2. The first-order chi connectivity index (χ1) is 8.33. The number of imidazole rings is 1. The van der Waals surface area contributed by atoms with Crippen LogP contribution in [-0.4, -0.2) is 9.55 Å². The van der Waals surface area contributed by atoms with Gasteiger partial charge in [-0.15, -0.1) is 0 Å². The molecule has 3 rings (SSSR count). The molecule has 0 unspecified atom stereocenters. The highest BCUT2D eigenvalue weighted by molar-refractivity contribution is 5.76. The van der Waals surface area contributed by atoms with Crippen molar-refractivity contribution >= 4 is 11.0 Å². The predicted octanol–water partition coefficient (Wildman–Crippen LogP) is 3.39. The molecule has 2 nitrogen and oxygen atoms in total. The second kappa shape index (κ2) is 4.06. The third kappa shape index (κ3) is 1.94. The summed E-state index contributed by atoms with van der Waals surface area (Å²) in [5.41, 5.74) is 4.82. The monoisotopic (exact) mass is 222 g/mol. The van der Waals surface area contributed by atoms with E-state index in [1.807, 2.05) is 12.4 Å². The van der Waals surface area contributed by atoms with Crippen molar-refractivity contribution in [2.75, 3.05) is 0 Å². The smallest absolute Gasteiger partial charge is 0.0961 e. The third-order valence-electron chi connectivity index (χ3n) is 2.97. The molecule has 0 N–H and O–H groups in total. The summed E-state index contributed by atoms with van der Waals surface area (Å²) < 4.78 is 2.18. The van der Waals surface area contributed by atoms with Gasteiger partial charge in [-0.2, -0.15) is 0 Å². The molecule has 0 saturated heterocycles. The molecule has 1 heterocycles. The molecule has 2 aromatic carbocycles. The maximum Gasteiger partial charge on any atom is 0.0961 e. The lowest BCUT2D eigenvalue weighted by Gasteiger charge is -2.04. The number of hydrogen-bond donors (Lipinski definition) is 0. The molecule has 17 heavy (non-hydrogen) atoms. The molecule has 84 valence electrons. The van der Waals surface area contributed by atoms with Gasteiger partial charge in [0.25, 0.3) is 0 Å². The summed E-state index contributed by atoms with van der Waals surface area (Å²) in [6.07, 6.45) is 1.91. The normalized spacial score (nSPS) is 10.9. The van der Waals surface area contributed by atoms with Gasteiger partial charge in [0.05, 0.1) is 17.4 Å². The Hall–Kier alpha value is -2.09. The predicted molar refractivity (Wildman–Crippen MR) is 70.0 cm³/mol. The van der Waals surface area contributed by atoms with E-state index in [9.17, 15) is 0 Å². The molecule has 0 amide bonds. The highest BCUT2D eigenvalue weighted by Gasteiger charge is 2.02. The molecule has 2 heteroatoms. The molecule has 0 aliphatic heterocycles. The third-order valence-corrected chi connectivity index (χ3v) is 2.97. The standard InChI is InChI=1S/C15H14N2/c1-12-7-8-15-14(9-12)16-11-17(15)10-13-5-3-2-4-6-13/h2-9,11H,10H2,1H3. The van der Waals surface area contributed by atoms with Gasteiger partial charge in [-0.05, 0) is 30.2 Å². The first kappa shape index (κ1) is 10.1. The fourth-order valence-electron chi connectivity index (χ4n) is 2.08. The SMILES string of the molecule is Cc1ccc2c(c1)ncn2Cc1ccccc1. The summed E-state index contributed by atoms with van der Waals surface area (Å²) in [4.78, 5) is 4.44. The largest absolute Gasteiger partial charge is 0.326 e. The van der Waals surface area contributed by atoms with E-state index in [4.69, 9.17) is 0 Å². The Kier molecular flexibility index (Phi) is 2.41. The molecule has 0 bridgehead atoms. The molecule has 0 radical (unpaired) electrons. The Balaban J connectivity index is 2.01.